The SMILES string of the molecule is COc1ccc([N+](=O)[O-])cc1S(=O)(=O)Nc1ccc(C2(C(F)(F)F)N=N2)cc1. The van der Waals surface area contributed by atoms with E-state index in [4.69, 9.17) is 4.74 Å². The molecule has 1 N–H and O–H groups in total. The molecule has 0 aromatic heterocycles. The van der Waals surface area contributed by atoms with Crippen molar-refractivity contribution in [3.63, 3.8) is 0 Å². The largest absolute Gasteiger partial charge is 0.495 e. The summed E-state index contributed by atoms with van der Waals surface area (Å²) >= 11 is 0. The summed E-state index contributed by atoms with van der Waals surface area (Å²) in [4.78, 5) is 9.63. The van der Waals surface area contributed by atoms with Crippen molar-refractivity contribution < 1.29 is 31.2 Å². The minimum Gasteiger partial charge on any atom is -0.495 e. The van der Waals surface area contributed by atoms with Gasteiger partial charge in [0.15, 0.2) is 0 Å². The van der Waals surface area contributed by atoms with E-state index in [0.717, 1.165) is 42.5 Å². The van der Waals surface area contributed by atoms with E-state index in [-0.39, 0.29) is 17.0 Å². The molecule has 0 fully saturated rings. The van der Waals surface area contributed by atoms with Crippen LogP contribution in [0.5, 0.6) is 5.75 Å². The normalized spacial score (nSPS) is 15.1. The van der Waals surface area contributed by atoms with Gasteiger partial charge in [-0.25, -0.2) is 8.42 Å². The van der Waals surface area contributed by atoms with Crippen molar-refractivity contribution in [2.75, 3.05) is 11.8 Å². The molecular weight excluding hydrogens is 405 g/mol. The number of nitrogens with zero attached hydrogens (tertiary/aromatic N) is 3. The second-order valence-electron chi connectivity index (χ2n) is 5.65. The first-order valence-electron chi connectivity index (χ1n) is 7.47. The van der Waals surface area contributed by atoms with E-state index < -0.39 is 37.4 Å². The van der Waals surface area contributed by atoms with E-state index >= 15 is 0 Å². The van der Waals surface area contributed by atoms with Crippen molar-refractivity contribution in [2.24, 2.45) is 10.2 Å². The Morgan fingerprint density at radius 2 is 1.75 bits per heavy atom. The van der Waals surface area contributed by atoms with Crippen LogP contribution < -0.4 is 9.46 Å². The zero-order chi connectivity index (χ0) is 20.7. The van der Waals surface area contributed by atoms with Gasteiger partial charge in [-0.05, 0) is 18.2 Å². The Kier molecular flexibility index (Phi) is 4.49. The standard InChI is InChI=1S/C15H11F3N4O5S/c1-27-12-7-6-11(22(23)24)8-13(12)28(25,26)19-10-4-2-9(3-5-10)14(20-21-14)15(16,17)18/h2-8,19H,1H3. The van der Waals surface area contributed by atoms with Crippen LogP contribution in [0.2, 0.25) is 0 Å². The first kappa shape index (κ1) is 19.5. The maximum absolute atomic E-state index is 13.0. The van der Waals surface area contributed by atoms with Crippen molar-refractivity contribution in [3.8, 4) is 5.75 Å². The lowest BCUT2D eigenvalue weighted by Gasteiger charge is -2.15. The molecule has 2 aromatic rings. The fourth-order valence-corrected chi connectivity index (χ4v) is 3.66. The van der Waals surface area contributed by atoms with Crippen molar-refractivity contribution in [3.05, 3.63) is 58.1 Å². The average molecular weight is 416 g/mol. The van der Waals surface area contributed by atoms with Gasteiger partial charge in [-0.15, -0.1) is 10.2 Å². The van der Waals surface area contributed by atoms with E-state index in [1.54, 1.807) is 0 Å². The summed E-state index contributed by atoms with van der Waals surface area (Å²) in [6.45, 7) is 0. The molecule has 0 radical (unpaired) electrons. The van der Waals surface area contributed by atoms with E-state index in [9.17, 15) is 31.7 Å². The molecule has 2 aromatic carbocycles. The Hall–Kier alpha value is -3.22. The molecule has 0 atom stereocenters. The molecule has 0 saturated carbocycles. The molecule has 1 heterocycles. The Labute approximate surface area is 156 Å². The second-order valence-corrected chi connectivity index (χ2v) is 7.30. The lowest BCUT2D eigenvalue weighted by molar-refractivity contribution is -0.385. The third-order valence-electron chi connectivity index (χ3n) is 3.88. The summed E-state index contributed by atoms with van der Waals surface area (Å²) < 4.78 is 71.2. The molecule has 1 aliphatic heterocycles. The third-order valence-corrected chi connectivity index (χ3v) is 5.28. The van der Waals surface area contributed by atoms with Gasteiger partial charge in [0.1, 0.15) is 10.6 Å². The molecule has 0 amide bonds. The lowest BCUT2D eigenvalue weighted by Crippen LogP contribution is -2.30. The van der Waals surface area contributed by atoms with Crippen LogP contribution in [-0.2, 0) is 15.7 Å². The first-order valence-corrected chi connectivity index (χ1v) is 8.95. The number of benzene rings is 2. The predicted octanol–water partition coefficient (Wildman–Crippen LogP) is 3.59. The quantitative estimate of drug-likeness (QED) is 0.569. The highest BCUT2D eigenvalue weighted by molar-refractivity contribution is 7.92. The van der Waals surface area contributed by atoms with Crippen LogP contribution in [0.25, 0.3) is 0 Å². The van der Waals surface area contributed by atoms with Gasteiger partial charge in [0.2, 0.25) is 0 Å². The number of non-ortho nitro benzene ring substituents is 1. The fourth-order valence-electron chi connectivity index (χ4n) is 2.41. The first-order chi connectivity index (χ1) is 13.0. The number of sulfonamides is 1. The Morgan fingerprint density at radius 3 is 2.21 bits per heavy atom. The number of rotatable bonds is 6. The highest BCUT2D eigenvalue weighted by atomic mass is 32.2. The van der Waals surface area contributed by atoms with Gasteiger partial charge in [0, 0.05) is 23.4 Å². The Balaban J connectivity index is 1.90. The number of alkyl halides is 3. The third kappa shape index (κ3) is 3.35. The second kappa shape index (κ2) is 6.44. The zero-order valence-corrected chi connectivity index (χ0v) is 14.8. The summed E-state index contributed by atoms with van der Waals surface area (Å²) in [6.07, 6.45) is -4.70. The molecule has 0 aliphatic carbocycles. The number of ether oxygens (including phenoxy) is 1. The smallest absolute Gasteiger partial charge is 0.442 e. The van der Waals surface area contributed by atoms with Crippen LogP contribution in [0, 0.1) is 10.1 Å². The van der Waals surface area contributed by atoms with Crippen LogP contribution in [0.15, 0.2) is 57.6 Å². The van der Waals surface area contributed by atoms with Gasteiger partial charge in [-0.1, -0.05) is 12.1 Å². The maximum Gasteiger partial charge on any atom is 0.442 e. The Morgan fingerprint density at radius 1 is 1.14 bits per heavy atom. The van der Waals surface area contributed by atoms with Crippen LogP contribution in [0.1, 0.15) is 5.56 Å². The summed E-state index contributed by atoms with van der Waals surface area (Å²) in [5.41, 5.74) is -3.42. The van der Waals surface area contributed by atoms with Crippen LogP contribution in [0.3, 0.4) is 0 Å². The van der Waals surface area contributed by atoms with E-state index in [0.29, 0.717) is 0 Å². The van der Waals surface area contributed by atoms with E-state index in [1.807, 2.05) is 0 Å². The van der Waals surface area contributed by atoms with Gasteiger partial charge in [0.25, 0.3) is 15.7 Å². The molecule has 28 heavy (non-hydrogen) atoms. The van der Waals surface area contributed by atoms with Crippen molar-refractivity contribution in [1.29, 1.82) is 0 Å². The lowest BCUT2D eigenvalue weighted by atomic mass is 10.0. The summed E-state index contributed by atoms with van der Waals surface area (Å²) in [6, 6.07) is 7.30. The monoisotopic (exact) mass is 416 g/mol. The number of anilines is 1. The zero-order valence-electron chi connectivity index (χ0n) is 14.0. The van der Waals surface area contributed by atoms with Gasteiger partial charge in [0.05, 0.1) is 12.0 Å². The molecule has 0 saturated heterocycles. The highest BCUT2D eigenvalue weighted by Crippen LogP contribution is 2.52. The average Bonchev–Trinajstić information content (AvgIpc) is 3.43. The summed E-state index contributed by atoms with van der Waals surface area (Å²) in [5, 5.41) is 17.0. The summed E-state index contributed by atoms with van der Waals surface area (Å²) in [5.74, 6) is -0.138. The van der Waals surface area contributed by atoms with E-state index in [1.165, 1.54) is 7.11 Å². The fraction of sp³-hybridized carbons (Fsp3) is 0.200. The summed E-state index contributed by atoms with van der Waals surface area (Å²) in [7, 11) is -3.13. The topological polar surface area (TPSA) is 123 Å². The van der Waals surface area contributed by atoms with Crippen LogP contribution in [-0.4, -0.2) is 26.6 Å². The number of methoxy groups -OCH3 is 1. The molecule has 0 bridgehead atoms. The number of hydrogen-bond donors (Lipinski definition) is 1. The number of halogens is 3. The molecule has 0 spiro atoms. The molecule has 3 rings (SSSR count). The molecular formula is C15H11F3N4O5S. The van der Waals surface area contributed by atoms with Crippen molar-refractivity contribution in [1.82, 2.24) is 0 Å². The highest BCUT2D eigenvalue weighted by Gasteiger charge is 2.65. The van der Waals surface area contributed by atoms with Crippen LogP contribution in [0.4, 0.5) is 24.5 Å². The van der Waals surface area contributed by atoms with Crippen molar-refractivity contribution in [2.45, 2.75) is 16.7 Å². The molecule has 148 valence electrons. The molecule has 9 nitrogen and oxygen atoms in total. The Bertz CT molecular complexity index is 1060. The van der Waals surface area contributed by atoms with Gasteiger partial charge in [-0.3, -0.25) is 14.8 Å². The number of nitro groups is 1. The predicted molar refractivity (Wildman–Crippen MR) is 89.5 cm³/mol. The number of nitrogens with one attached hydrogen (secondary N) is 1. The van der Waals surface area contributed by atoms with Gasteiger partial charge < -0.3 is 4.74 Å². The minimum absolute atomic E-state index is 0.0599. The van der Waals surface area contributed by atoms with Gasteiger partial charge >= 0.3 is 11.8 Å². The maximum atomic E-state index is 13.0. The van der Waals surface area contributed by atoms with E-state index in [2.05, 4.69) is 15.0 Å². The number of nitro benzene ring substituents is 1. The number of hydrogen-bond acceptors (Lipinski definition) is 7. The molecule has 1 aliphatic rings. The van der Waals surface area contributed by atoms with Gasteiger partial charge in [-0.2, -0.15) is 13.2 Å². The molecule has 0 unspecified atom stereocenters. The van der Waals surface area contributed by atoms with Crippen LogP contribution >= 0.6 is 0 Å². The van der Waals surface area contributed by atoms with Crippen molar-refractivity contribution >= 4 is 21.4 Å². The molecule has 13 heteroatoms. The minimum atomic E-state index is -4.70.